The second kappa shape index (κ2) is 8.23. The summed E-state index contributed by atoms with van der Waals surface area (Å²) in [5.41, 5.74) is 0. The fourth-order valence-corrected chi connectivity index (χ4v) is 0.918. The first kappa shape index (κ1) is 16.1. The van der Waals surface area contributed by atoms with E-state index >= 15 is 0 Å². The molecule has 8 heteroatoms. The summed E-state index contributed by atoms with van der Waals surface area (Å²) in [6.07, 6.45) is -0.182. The molecule has 0 spiro atoms. The Kier molecular flexibility index (Phi) is 8.28. The molecule has 0 aliphatic carbocycles. The van der Waals surface area contributed by atoms with E-state index < -0.39 is 27.7 Å². The van der Waals surface area contributed by atoms with Gasteiger partial charge < -0.3 is 9.47 Å². The van der Waals surface area contributed by atoms with Gasteiger partial charge in [-0.15, -0.1) is 0 Å². The van der Waals surface area contributed by atoms with Gasteiger partial charge in [-0.05, 0) is 6.42 Å². The zero-order valence-electron chi connectivity index (χ0n) is 8.29. The summed E-state index contributed by atoms with van der Waals surface area (Å²) < 4.78 is 9.50. The van der Waals surface area contributed by atoms with E-state index in [0.717, 1.165) is 0 Å². The predicted octanol–water partition coefficient (Wildman–Crippen LogP) is 2.46. The van der Waals surface area contributed by atoms with Crippen molar-refractivity contribution in [2.75, 3.05) is 6.61 Å². The van der Waals surface area contributed by atoms with Gasteiger partial charge in [-0.2, -0.15) is 0 Å². The van der Waals surface area contributed by atoms with Gasteiger partial charge in [0.2, 0.25) is 9.67 Å². The van der Waals surface area contributed by atoms with Crippen molar-refractivity contribution in [1.29, 1.82) is 0 Å². The third kappa shape index (κ3) is 6.63. The van der Waals surface area contributed by atoms with Gasteiger partial charge in [-0.1, -0.05) is 53.3 Å². The Morgan fingerprint density at radius 2 is 1.56 bits per heavy atom. The van der Waals surface area contributed by atoms with Gasteiger partial charge in [-0.25, -0.2) is 9.59 Å². The minimum Gasteiger partial charge on any atom is -0.460 e. The molecule has 0 amide bonds. The van der Waals surface area contributed by atoms with Gasteiger partial charge in [0.15, 0.2) is 0 Å². The molecule has 1 atom stereocenters. The maximum Gasteiger partial charge on any atom is 0.339 e. The molecule has 0 aromatic rings. The molecule has 0 saturated heterocycles. The first-order valence-corrected chi connectivity index (χ1v) is 6.06. The number of esters is 2. The van der Waals surface area contributed by atoms with Crippen LogP contribution in [-0.2, 0) is 19.1 Å². The molecular formula is C8H10Cl4O4. The van der Waals surface area contributed by atoms with Crippen LogP contribution in [-0.4, -0.2) is 34.3 Å². The number of carbonyl (C=O) groups is 2. The van der Waals surface area contributed by atoms with E-state index in [0.29, 0.717) is 6.42 Å². The lowest BCUT2D eigenvalue weighted by molar-refractivity contribution is -0.157. The summed E-state index contributed by atoms with van der Waals surface area (Å²) in [6, 6.07) is 0. The molecule has 16 heavy (non-hydrogen) atoms. The fourth-order valence-electron chi connectivity index (χ4n) is 0.689. The van der Waals surface area contributed by atoms with E-state index in [1.165, 1.54) is 0 Å². The standard InChI is InChI=1S/C8H10Cl4O4/c1-2-4(16-8(14)6(11)12)3-15-7(13)5(9)10/h4-6H,2-3H2,1H3. The number of alkyl halides is 4. The maximum atomic E-state index is 11.0. The highest BCUT2D eigenvalue weighted by molar-refractivity contribution is 6.53. The highest BCUT2D eigenvalue weighted by Gasteiger charge is 2.21. The molecule has 0 heterocycles. The normalized spacial score (nSPS) is 12.7. The average Bonchev–Trinajstić information content (AvgIpc) is 2.22. The van der Waals surface area contributed by atoms with Crippen molar-refractivity contribution in [2.24, 2.45) is 0 Å². The smallest absolute Gasteiger partial charge is 0.339 e. The molecular weight excluding hydrogens is 302 g/mol. The van der Waals surface area contributed by atoms with Gasteiger partial charge in [0.05, 0.1) is 0 Å². The molecule has 0 aliphatic heterocycles. The highest BCUT2D eigenvalue weighted by Crippen LogP contribution is 2.10. The number of carbonyl (C=O) groups excluding carboxylic acids is 2. The van der Waals surface area contributed by atoms with Crippen molar-refractivity contribution in [3.8, 4) is 0 Å². The Hall–Kier alpha value is 0.1000. The largest absolute Gasteiger partial charge is 0.460 e. The van der Waals surface area contributed by atoms with Crippen molar-refractivity contribution in [3.63, 3.8) is 0 Å². The molecule has 94 valence electrons. The molecule has 0 aromatic carbocycles. The van der Waals surface area contributed by atoms with E-state index in [1.807, 2.05) is 0 Å². The molecule has 0 rings (SSSR count). The van der Waals surface area contributed by atoms with Crippen LogP contribution in [0.4, 0.5) is 0 Å². The van der Waals surface area contributed by atoms with Crippen LogP contribution in [0, 0.1) is 0 Å². The van der Waals surface area contributed by atoms with Crippen molar-refractivity contribution >= 4 is 58.3 Å². The van der Waals surface area contributed by atoms with Crippen LogP contribution in [0.25, 0.3) is 0 Å². The Labute approximate surface area is 113 Å². The van der Waals surface area contributed by atoms with Crippen LogP contribution in [0.3, 0.4) is 0 Å². The van der Waals surface area contributed by atoms with E-state index in [2.05, 4.69) is 4.74 Å². The maximum absolute atomic E-state index is 11.0. The summed E-state index contributed by atoms with van der Waals surface area (Å²) in [6.45, 7) is 1.60. The van der Waals surface area contributed by atoms with E-state index in [1.54, 1.807) is 6.92 Å². The third-order valence-corrected chi connectivity index (χ3v) is 2.22. The van der Waals surface area contributed by atoms with Crippen LogP contribution >= 0.6 is 46.4 Å². The zero-order valence-corrected chi connectivity index (χ0v) is 11.3. The van der Waals surface area contributed by atoms with E-state index in [9.17, 15) is 9.59 Å². The molecule has 4 nitrogen and oxygen atoms in total. The molecule has 0 saturated carbocycles. The Morgan fingerprint density at radius 3 is 1.94 bits per heavy atom. The van der Waals surface area contributed by atoms with Crippen LogP contribution in [0.2, 0.25) is 0 Å². The van der Waals surface area contributed by atoms with Gasteiger partial charge in [-0.3, -0.25) is 0 Å². The fraction of sp³-hybridized carbons (Fsp3) is 0.750. The van der Waals surface area contributed by atoms with Crippen molar-refractivity contribution in [3.05, 3.63) is 0 Å². The lowest BCUT2D eigenvalue weighted by Gasteiger charge is -2.16. The quantitative estimate of drug-likeness (QED) is 0.558. The van der Waals surface area contributed by atoms with Gasteiger partial charge in [0.25, 0.3) is 0 Å². The number of ether oxygens (including phenoxy) is 2. The summed E-state index contributed by atoms with van der Waals surface area (Å²) >= 11 is 21.1. The topological polar surface area (TPSA) is 52.6 Å². The Balaban J connectivity index is 4.02. The van der Waals surface area contributed by atoms with Crippen LogP contribution in [0.15, 0.2) is 0 Å². The van der Waals surface area contributed by atoms with Crippen molar-refractivity contribution in [1.82, 2.24) is 0 Å². The lowest BCUT2D eigenvalue weighted by Crippen LogP contribution is -2.28. The van der Waals surface area contributed by atoms with Crippen LogP contribution in [0.5, 0.6) is 0 Å². The number of hydrogen-bond acceptors (Lipinski definition) is 4. The summed E-state index contributed by atoms with van der Waals surface area (Å²) in [5.74, 6) is -1.59. The molecule has 0 aromatic heterocycles. The Morgan fingerprint density at radius 1 is 1.06 bits per heavy atom. The second-order valence-corrected chi connectivity index (χ2v) is 4.89. The van der Waals surface area contributed by atoms with Gasteiger partial charge in [0, 0.05) is 0 Å². The van der Waals surface area contributed by atoms with E-state index in [-0.39, 0.29) is 6.61 Å². The average molecular weight is 312 g/mol. The van der Waals surface area contributed by atoms with Gasteiger partial charge in [0.1, 0.15) is 12.7 Å². The summed E-state index contributed by atoms with van der Waals surface area (Å²) in [4.78, 5) is 19.4. The van der Waals surface area contributed by atoms with Crippen LogP contribution in [0.1, 0.15) is 13.3 Å². The summed E-state index contributed by atoms with van der Waals surface area (Å²) in [5, 5.41) is 0. The minimum atomic E-state index is -1.27. The number of rotatable bonds is 6. The van der Waals surface area contributed by atoms with Crippen LogP contribution < -0.4 is 0 Å². The molecule has 0 radical (unpaired) electrons. The molecule has 1 unspecified atom stereocenters. The Bertz CT molecular complexity index is 244. The minimum absolute atomic E-state index is 0.141. The predicted molar refractivity (Wildman–Crippen MR) is 62.1 cm³/mol. The van der Waals surface area contributed by atoms with E-state index in [4.69, 9.17) is 51.1 Å². The van der Waals surface area contributed by atoms with Crippen molar-refractivity contribution < 1.29 is 19.1 Å². The van der Waals surface area contributed by atoms with Crippen molar-refractivity contribution in [2.45, 2.75) is 29.1 Å². The molecule has 0 fully saturated rings. The first-order chi connectivity index (χ1) is 7.38. The monoisotopic (exact) mass is 310 g/mol. The molecule has 0 aliphatic rings. The van der Waals surface area contributed by atoms with Gasteiger partial charge >= 0.3 is 11.9 Å². The molecule has 0 bridgehead atoms. The second-order valence-electron chi connectivity index (χ2n) is 2.70. The first-order valence-electron chi connectivity index (χ1n) is 4.31. The molecule has 0 N–H and O–H groups in total. The highest BCUT2D eigenvalue weighted by atomic mass is 35.5. The SMILES string of the molecule is CCC(COC(=O)C(Cl)Cl)OC(=O)C(Cl)Cl. The summed E-state index contributed by atoms with van der Waals surface area (Å²) in [7, 11) is 0. The number of halogens is 4. The third-order valence-electron chi connectivity index (χ3n) is 1.51. The zero-order chi connectivity index (χ0) is 12.7. The lowest BCUT2D eigenvalue weighted by atomic mass is 10.3. The number of hydrogen-bond donors (Lipinski definition) is 0.